The minimum atomic E-state index is -4.55. The third-order valence-corrected chi connectivity index (χ3v) is 4.17. The molecule has 0 fully saturated rings. The molecule has 24 heavy (non-hydrogen) atoms. The van der Waals surface area contributed by atoms with E-state index in [2.05, 4.69) is 15.7 Å². The number of rotatable bonds is 3. The summed E-state index contributed by atoms with van der Waals surface area (Å²) in [6.07, 6.45) is -2.26. The topological polar surface area (TPSA) is 57.3 Å². The molecule has 1 atom stereocenters. The van der Waals surface area contributed by atoms with Gasteiger partial charge in [0.05, 0.1) is 10.7 Å². The first-order valence-electron chi connectivity index (χ1n) is 6.66. The molecule has 0 saturated carbocycles. The van der Waals surface area contributed by atoms with E-state index in [0.717, 1.165) is 22.4 Å². The Bertz CT molecular complexity index is 779. The number of nitrogens with one attached hydrogen (secondary N) is 2. The van der Waals surface area contributed by atoms with Crippen molar-refractivity contribution in [1.82, 2.24) is 10.4 Å². The Balaban J connectivity index is 1.94. The van der Waals surface area contributed by atoms with Crippen LogP contribution in [-0.2, 0) is 4.79 Å². The van der Waals surface area contributed by atoms with Crippen molar-refractivity contribution in [3.63, 3.8) is 0 Å². The predicted octanol–water partition coefficient (Wildman–Crippen LogP) is 3.57. The molecule has 0 saturated heterocycles. The van der Waals surface area contributed by atoms with E-state index in [9.17, 15) is 18.0 Å². The second-order valence-corrected chi connectivity index (χ2v) is 6.08. The fraction of sp³-hybridized carbons (Fsp3) is 0.143. The summed E-state index contributed by atoms with van der Waals surface area (Å²) in [5.41, 5.74) is 2.29. The molecule has 0 spiro atoms. The van der Waals surface area contributed by atoms with Gasteiger partial charge in [-0.1, -0.05) is 23.7 Å². The molecule has 1 aromatic heterocycles. The van der Waals surface area contributed by atoms with E-state index in [1.165, 1.54) is 18.3 Å². The Kier molecular flexibility index (Phi) is 4.48. The van der Waals surface area contributed by atoms with E-state index in [0.29, 0.717) is 0 Å². The van der Waals surface area contributed by atoms with Crippen molar-refractivity contribution in [2.45, 2.75) is 12.2 Å². The molecule has 1 aromatic carbocycles. The first kappa shape index (κ1) is 16.7. The number of halogens is 4. The Hall–Kier alpha value is -2.10. The first-order valence-corrected chi connectivity index (χ1v) is 7.92. The Labute approximate surface area is 143 Å². The molecule has 2 N–H and O–H groups in total. The smallest absolute Gasteiger partial charge is 0.297 e. The summed E-state index contributed by atoms with van der Waals surface area (Å²) < 4.78 is 39.2. The summed E-state index contributed by atoms with van der Waals surface area (Å²) in [6, 6.07) is 4.29. The van der Waals surface area contributed by atoms with Crippen LogP contribution >= 0.6 is 22.9 Å². The van der Waals surface area contributed by atoms with Crippen molar-refractivity contribution in [3.05, 3.63) is 52.6 Å². The SMILES string of the molecule is O=C(Nc1nccs1)C1=CC(C(F)(F)F)NN1c1ccccc1Cl. The van der Waals surface area contributed by atoms with Crippen molar-refractivity contribution in [2.24, 2.45) is 0 Å². The quantitative estimate of drug-likeness (QED) is 0.862. The van der Waals surface area contributed by atoms with Gasteiger partial charge < -0.3 is 0 Å². The number of thiazole rings is 1. The number of alkyl halides is 3. The second kappa shape index (κ2) is 6.42. The zero-order valence-electron chi connectivity index (χ0n) is 11.8. The highest BCUT2D eigenvalue weighted by atomic mass is 35.5. The Morgan fingerprint density at radius 1 is 1.38 bits per heavy atom. The Morgan fingerprint density at radius 3 is 2.75 bits per heavy atom. The number of hydrazine groups is 1. The molecule has 1 aliphatic rings. The van der Waals surface area contributed by atoms with Crippen LogP contribution in [0.25, 0.3) is 0 Å². The number of benzene rings is 1. The number of amides is 1. The number of hydrogen-bond acceptors (Lipinski definition) is 5. The van der Waals surface area contributed by atoms with Gasteiger partial charge in [0.25, 0.3) is 5.91 Å². The Morgan fingerprint density at radius 2 is 2.12 bits per heavy atom. The highest BCUT2D eigenvalue weighted by molar-refractivity contribution is 7.13. The molecule has 126 valence electrons. The normalized spacial score (nSPS) is 17.8. The molecule has 1 amide bonds. The maximum absolute atomic E-state index is 13.1. The third-order valence-electron chi connectivity index (χ3n) is 3.17. The number of carbonyl (C=O) groups is 1. The summed E-state index contributed by atoms with van der Waals surface area (Å²) in [5.74, 6) is -0.718. The van der Waals surface area contributed by atoms with E-state index in [1.54, 1.807) is 17.5 Å². The fourth-order valence-corrected chi connectivity index (χ4v) is 2.85. The van der Waals surface area contributed by atoms with Gasteiger partial charge >= 0.3 is 6.18 Å². The van der Waals surface area contributed by atoms with Gasteiger partial charge in [0.2, 0.25) is 0 Å². The van der Waals surface area contributed by atoms with Gasteiger partial charge in [0.15, 0.2) is 5.13 Å². The van der Waals surface area contributed by atoms with Gasteiger partial charge in [0, 0.05) is 11.6 Å². The molecule has 1 aliphatic heterocycles. The predicted molar refractivity (Wildman–Crippen MR) is 85.7 cm³/mol. The number of para-hydroxylation sites is 1. The van der Waals surface area contributed by atoms with Crippen LogP contribution in [0.2, 0.25) is 5.02 Å². The fourth-order valence-electron chi connectivity index (χ4n) is 2.10. The van der Waals surface area contributed by atoms with E-state index in [1.807, 2.05) is 0 Å². The molecule has 2 aromatic rings. The number of hydrogen-bond donors (Lipinski definition) is 2. The molecular weight excluding hydrogens is 365 g/mol. The summed E-state index contributed by atoms with van der Waals surface area (Å²) in [5, 5.41) is 5.63. The minimum Gasteiger partial charge on any atom is -0.297 e. The van der Waals surface area contributed by atoms with Crippen molar-refractivity contribution in [2.75, 3.05) is 10.3 Å². The van der Waals surface area contributed by atoms with Crippen LogP contribution in [-0.4, -0.2) is 23.1 Å². The number of nitrogens with zero attached hydrogens (tertiary/aromatic N) is 2. The molecular formula is C14H10ClF3N4OS. The molecule has 10 heteroatoms. The van der Waals surface area contributed by atoms with Gasteiger partial charge in [-0.25, -0.2) is 10.4 Å². The van der Waals surface area contributed by atoms with Crippen LogP contribution in [0, 0.1) is 0 Å². The van der Waals surface area contributed by atoms with E-state index in [-0.39, 0.29) is 21.5 Å². The zero-order chi connectivity index (χ0) is 17.3. The monoisotopic (exact) mass is 374 g/mol. The van der Waals surface area contributed by atoms with Gasteiger partial charge in [-0.05, 0) is 18.2 Å². The molecule has 0 bridgehead atoms. The maximum Gasteiger partial charge on any atom is 0.409 e. The molecule has 3 rings (SSSR count). The summed E-state index contributed by atoms with van der Waals surface area (Å²) >= 11 is 7.21. The van der Waals surface area contributed by atoms with Crippen LogP contribution in [0.1, 0.15) is 0 Å². The molecule has 2 heterocycles. The highest BCUT2D eigenvalue weighted by Gasteiger charge is 2.45. The second-order valence-electron chi connectivity index (χ2n) is 4.78. The third kappa shape index (κ3) is 3.37. The van der Waals surface area contributed by atoms with Crippen LogP contribution in [0.15, 0.2) is 47.6 Å². The molecule has 0 radical (unpaired) electrons. The molecule has 0 aliphatic carbocycles. The van der Waals surface area contributed by atoms with Gasteiger partial charge in [-0.2, -0.15) is 13.2 Å². The van der Waals surface area contributed by atoms with Crippen LogP contribution in [0.3, 0.4) is 0 Å². The van der Waals surface area contributed by atoms with Crippen molar-refractivity contribution >= 4 is 39.7 Å². The highest BCUT2D eigenvalue weighted by Crippen LogP contribution is 2.34. The summed E-state index contributed by atoms with van der Waals surface area (Å²) in [4.78, 5) is 16.3. The number of anilines is 2. The van der Waals surface area contributed by atoms with Crippen LogP contribution in [0.4, 0.5) is 24.0 Å². The average Bonchev–Trinajstić information content (AvgIpc) is 3.16. The zero-order valence-corrected chi connectivity index (χ0v) is 13.4. The summed E-state index contributed by atoms with van der Waals surface area (Å²) in [7, 11) is 0. The number of carbonyl (C=O) groups excluding carboxylic acids is 1. The molecule has 5 nitrogen and oxygen atoms in total. The summed E-state index contributed by atoms with van der Waals surface area (Å²) in [6.45, 7) is 0. The van der Waals surface area contributed by atoms with Gasteiger partial charge in [-0.3, -0.25) is 15.1 Å². The van der Waals surface area contributed by atoms with Gasteiger partial charge in [-0.15, -0.1) is 11.3 Å². The van der Waals surface area contributed by atoms with E-state index < -0.39 is 18.1 Å². The average molecular weight is 375 g/mol. The first-order chi connectivity index (χ1) is 11.4. The van der Waals surface area contributed by atoms with E-state index >= 15 is 0 Å². The molecule has 1 unspecified atom stereocenters. The van der Waals surface area contributed by atoms with Crippen LogP contribution < -0.4 is 15.8 Å². The maximum atomic E-state index is 13.1. The van der Waals surface area contributed by atoms with Crippen LogP contribution in [0.5, 0.6) is 0 Å². The van der Waals surface area contributed by atoms with Crippen molar-refractivity contribution < 1.29 is 18.0 Å². The largest absolute Gasteiger partial charge is 0.409 e. The van der Waals surface area contributed by atoms with Crippen molar-refractivity contribution in [3.8, 4) is 0 Å². The lowest BCUT2D eigenvalue weighted by Crippen LogP contribution is -2.45. The number of aromatic nitrogens is 1. The standard InChI is InChI=1S/C14H10ClF3N4OS/c15-8-3-1-2-4-9(8)22-10(7-11(21-22)14(16,17)18)12(23)20-13-19-5-6-24-13/h1-7,11,21H,(H,19,20,23). The lowest BCUT2D eigenvalue weighted by molar-refractivity contribution is -0.142. The minimum absolute atomic E-state index is 0.208. The lowest BCUT2D eigenvalue weighted by Gasteiger charge is -2.24. The van der Waals surface area contributed by atoms with Crippen molar-refractivity contribution in [1.29, 1.82) is 0 Å². The van der Waals surface area contributed by atoms with Gasteiger partial charge in [0.1, 0.15) is 11.7 Å². The lowest BCUT2D eigenvalue weighted by atomic mass is 10.2. The van der Waals surface area contributed by atoms with E-state index in [4.69, 9.17) is 11.6 Å².